The van der Waals surface area contributed by atoms with E-state index in [1.807, 2.05) is 0 Å². The van der Waals surface area contributed by atoms with Gasteiger partial charge < -0.3 is 5.11 Å². The molecule has 0 unspecified atom stereocenters. The van der Waals surface area contributed by atoms with Crippen LogP contribution in [0.1, 0.15) is 24.8 Å². The summed E-state index contributed by atoms with van der Waals surface area (Å²) in [4.78, 5) is 7.70. The van der Waals surface area contributed by atoms with Crippen molar-refractivity contribution in [3.8, 4) is 0 Å². The maximum absolute atomic E-state index is 9.64. The molecule has 1 aromatic heterocycles. The first-order chi connectivity index (χ1) is 6.61. The summed E-state index contributed by atoms with van der Waals surface area (Å²) in [7, 11) is 0. The molecule has 0 amide bonds. The maximum Gasteiger partial charge on any atom is 0.137 e. The van der Waals surface area contributed by atoms with E-state index in [0.717, 1.165) is 18.4 Å². The van der Waals surface area contributed by atoms with E-state index in [1.165, 1.54) is 6.33 Å². The Labute approximate surface area is 92.1 Å². The second-order valence-corrected chi connectivity index (χ2v) is 4.37. The summed E-state index contributed by atoms with van der Waals surface area (Å²) >= 11 is 11.7. The largest absolute Gasteiger partial charge is 0.390 e. The van der Waals surface area contributed by atoms with Crippen molar-refractivity contribution in [1.29, 1.82) is 0 Å². The van der Waals surface area contributed by atoms with Crippen molar-refractivity contribution in [2.24, 2.45) is 0 Å². The summed E-state index contributed by atoms with van der Waals surface area (Å²) < 4.78 is 0. The first-order valence-corrected chi connectivity index (χ1v) is 5.24. The van der Waals surface area contributed by atoms with Gasteiger partial charge in [0.25, 0.3) is 0 Å². The molecule has 1 aliphatic rings. The van der Waals surface area contributed by atoms with Gasteiger partial charge >= 0.3 is 0 Å². The zero-order valence-corrected chi connectivity index (χ0v) is 9.02. The number of hydrogen-bond donors (Lipinski definition) is 1. The SMILES string of the molecule is OC1(CCc2c(Cl)ncnc2Cl)CC1. The van der Waals surface area contributed by atoms with E-state index in [-0.39, 0.29) is 0 Å². The number of halogens is 2. The second-order valence-electron chi connectivity index (χ2n) is 3.66. The molecule has 0 spiro atoms. The fourth-order valence-corrected chi connectivity index (χ4v) is 1.83. The third kappa shape index (κ3) is 2.16. The van der Waals surface area contributed by atoms with Gasteiger partial charge in [-0.2, -0.15) is 0 Å². The van der Waals surface area contributed by atoms with Gasteiger partial charge in [-0.25, -0.2) is 9.97 Å². The highest BCUT2D eigenvalue weighted by molar-refractivity contribution is 6.34. The van der Waals surface area contributed by atoms with Crippen molar-refractivity contribution in [1.82, 2.24) is 9.97 Å². The van der Waals surface area contributed by atoms with Gasteiger partial charge in [0.05, 0.1) is 5.60 Å². The van der Waals surface area contributed by atoms with Crippen LogP contribution in [0, 0.1) is 0 Å². The van der Waals surface area contributed by atoms with Crippen LogP contribution in [0.15, 0.2) is 6.33 Å². The third-order valence-corrected chi connectivity index (χ3v) is 3.16. The number of rotatable bonds is 3. The molecular weight excluding hydrogens is 223 g/mol. The number of hydrogen-bond acceptors (Lipinski definition) is 3. The molecule has 14 heavy (non-hydrogen) atoms. The van der Waals surface area contributed by atoms with Gasteiger partial charge in [0.2, 0.25) is 0 Å². The fourth-order valence-electron chi connectivity index (χ4n) is 1.33. The summed E-state index contributed by atoms with van der Waals surface area (Å²) in [6.07, 6.45) is 4.39. The molecule has 2 rings (SSSR count). The van der Waals surface area contributed by atoms with E-state index in [1.54, 1.807) is 0 Å². The molecule has 0 aliphatic heterocycles. The van der Waals surface area contributed by atoms with Crippen LogP contribution < -0.4 is 0 Å². The van der Waals surface area contributed by atoms with Crippen LogP contribution in [0.5, 0.6) is 0 Å². The average Bonchev–Trinajstić information content (AvgIpc) is 2.83. The number of aromatic nitrogens is 2. The molecular formula is C9H10Cl2N2O. The molecule has 1 aromatic rings. The zero-order valence-electron chi connectivity index (χ0n) is 7.50. The Kier molecular flexibility index (Phi) is 2.64. The molecule has 1 saturated carbocycles. The van der Waals surface area contributed by atoms with Gasteiger partial charge in [0, 0.05) is 5.56 Å². The molecule has 0 saturated heterocycles. The Hall–Kier alpha value is -0.380. The Balaban J connectivity index is 2.08. The van der Waals surface area contributed by atoms with Crippen molar-refractivity contribution in [2.75, 3.05) is 0 Å². The van der Waals surface area contributed by atoms with Crippen LogP contribution in [0.3, 0.4) is 0 Å². The van der Waals surface area contributed by atoms with Crippen LogP contribution in [0.4, 0.5) is 0 Å². The van der Waals surface area contributed by atoms with E-state index < -0.39 is 5.60 Å². The highest BCUT2D eigenvalue weighted by Gasteiger charge is 2.39. The van der Waals surface area contributed by atoms with E-state index >= 15 is 0 Å². The van der Waals surface area contributed by atoms with Crippen molar-refractivity contribution in [3.05, 3.63) is 22.2 Å². The highest BCUT2D eigenvalue weighted by atomic mass is 35.5. The van der Waals surface area contributed by atoms with Crippen molar-refractivity contribution in [3.63, 3.8) is 0 Å². The summed E-state index contributed by atoms with van der Waals surface area (Å²) in [6.45, 7) is 0. The molecule has 0 radical (unpaired) electrons. The van der Waals surface area contributed by atoms with E-state index in [9.17, 15) is 5.11 Å². The molecule has 1 N–H and O–H groups in total. The van der Waals surface area contributed by atoms with Crippen molar-refractivity contribution in [2.45, 2.75) is 31.3 Å². The van der Waals surface area contributed by atoms with Crippen molar-refractivity contribution < 1.29 is 5.11 Å². The molecule has 0 atom stereocenters. The Bertz CT molecular complexity index is 332. The normalized spacial score (nSPS) is 18.2. The molecule has 1 heterocycles. The second kappa shape index (κ2) is 3.65. The average molecular weight is 233 g/mol. The predicted octanol–water partition coefficient (Wildman–Crippen LogP) is 2.24. The zero-order chi connectivity index (χ0) is 10.2. The summed E-state index contributed by atoms with van der Waals surface area (Å²) in [6, 6.07) is 0. The van der Waals surface area contributed by atoms with Gasteiger partial charge in [-0.1, -0.05) is 23.2 Å². The lowest BCUT2D eigenvalue weighted by molar-refractivity contribution is 0.140. The summed E-state index contributed by atoms with van der Waals surface area (Å²) in [5, 5.41) is 10.4. The predicted molar refractivity (Wildman–Crippen MR) is 54.6 cm³/mol. The smallest absolute Gasteiger partial charge is 0.137 e. The van der Waals surface area contributed by atoms with Crippen LogP contribution >= 0.6 is 23.2 Å². The lowest BCUT2D eigenvalue weighted by Gasteiger charge is -2.08. The summed E-state index contributed by atoms with van der Waals surface area (Å²) in [5.41, 5.74) is 0.249. The fraction of sp³-hybridized carbons (Fsp3) is 0.556. The number of nitrogens with zero attached hydrogens (tertiary/aromatic N) is 2. The first kappa shape index (κ1) is 10.1. The molecule has 76 valence electrons. The minimum absolute atomic E-state index is 0.384. The van der Waals surface area contributed by atoms with Gasteiger partial charge in [-0.05, 0) is 25.7 Å². The molecule has 0 bridgehead atoms. The van der Waals surface area contributed by atoms with Gasteiger partial charge in [-0.15, -0.1) is 0 Å². The molecule has 1 fully saturated rings. The number of aliphatic hydroxyl groups is 1. The molecule has 1 aliphatic carbocycles. The van der Waals surface area contributed by atoms with Crippen LogP contribution in [0.25, 0.3) is 0 Å². The van der Waals surface area contributed by atoms with E-state index in [2.05, 4.69) is 9.97 Å². The molecule has 0 aromatic carbocycles. The highest BCUT2D eigenvalue weighted by Crippen LogP contribution is 2.40. The van der Waals surface area contributed by atoms with E-state index in [4.69, 9.17) is 23.2 Å². The van der Waals surface area contributed by atoms with Gasteiger partial charge in [0.15, 0.2) is 0 Å². The third-order valence-electron chi connectivity index (χ3n) is 2.51. The molecule has 3 nitrogen and oxygen atoms in total. The lowest BCUT2D eigenvalue weighted by atomic mass is 10.1. The van der Waals surface area contributed by atoms with Gasteiger partial charge in [-0.3, -0.25) is 0 Å². The summed E-state index contributed by atoms with van der Waals surface area (Å²) in [5.74, 6) is 0. The topological polar surface area (TPSA) is 46.0 Å². The minimum atomic E-state index is -0.484. The monoisotopic (exact) mass is 232 g/mol. The quantitative estimate of drug-likeness (QED) is 0.814. The Morgan fingerprint density at radius 2 is 1.86 bits per heavy atom. The Morgan fingerprint density at radius 3 is 2.36 bits per heavy atom. The van der Waals surface area contributed by atoms with E-state index in [0.29, 0.717) is 23.1 Å². The van der Waals surface area contributed by atoms with Crippen molar-refractivity contribution >= 4 is 23.2 Å². The standard InChI is InChI=1S/C9H10Cl2N2O/c10-7-6(8(11)13-5-12-7)1-2-9(14)3-4-9/h5,14H,1-4H2. The minimum Gasteiger partial charge on any atom is -0.390 e. The van der Waals surface area contributed by atoms with Gasteiger partial charge in [0.1, 0.15) is 16.6 Å². The van der Waals surface area contributed by atoms with Crippen LogP contribution in [-0.4, -0.2) is 20.7 Å². The Morgan fingerprint density at radius 1 is 1.29 bits per heavy atom. The van der Waals surface area contributed by atoms with Crippen LogP contribution in [0.2, 0.25) is 10.3 Å². The maximum atomic E-state index is 9.64. The van der Waals surface area contributed by atoms with Crippen LogP contribution in [-0.2, 0) is 6.42 Å². The molecule has 5 heteroatoms. The first-order valence-electron chi connectivity index (χ1n) is 4.48. The lowest BCUT2D eigenvalue weighted by Crippen LogP contribution is -2.08.